The Labute approximate surface area is 154 Å². The molecule has 0 saturated carbocycles. The van der Waals surface area contributed by atoms with Gasteiger partial charge in [-0.2, -0.15) is 0 Å². The minimum absolute atomic E-state index is 0.609. The Morgan fingerprint density at radius 1 is 0.923 bits per heavy atom. The molecule has 1 fully saturated rings. The van der Waals surface area contributed by atoms with E-state index < -0.39 is 0 Å². The van der Waals surface area contributed by atoms with E-state index in [0.29, 0.717) is 6.54 Å². The number of rotatable bonds is 5. The number of furan rings is 1. The molecule has 2 aromatic heterocycles. The molecule has 5 heteroatoms. The first-order valence-electron chi connectivity index (χ1n) is 9.34. The number of hydrogen-bond donors (Lipinski definition) is 1. The number of nitrogens with zero attached hydrogens (tertiary/aromatic N) is 3. The molecular weight excluding hydrogens is 324 g/mol. The fourth-order valence-corrected chi connectivity index (χ4v) is 3.29. The van der Waals surface area contributed by atoms with Crippen LogP contribution in [0.1, 0.15) is 31.4 Å². The molecule has 0 atom stereocenters. The Kier molecular flexibility index (Phi) is 5.14. The number of nitrogens with one attached hydrogen (secondary N) is 1. The van der Waals surface area contributed by atoms with Crippen molar-refractivity contribution < 1.29 is 4.42 Å². The van der Waals surface area contributed by atoms with Crippen LogP contribution < -0.4 is 10.2 Å². The molecule has 0 bridgehead atoms. The highest BCUT2D eigenvalue weighted by atomic mass is 16.3. The van der Waals surface area contributed by atoms with E-state index in [1.807, 2.05) is 30.3 Å². The molecular formula is C21H24N4O. The van der Waals surface area contributed by atoms with Crippen LogP contribution in [0, 0.1) is 0 Å². The summed E-state index contributed by atoms with van der Waals surface area (Å²) in [5.74, 6) is 3.48. The quantitative estimate of drug-likeness (QED) is 0.722. The highest BCUT2D eigenvalue weighted by Crippen LogP contribution is 2.25. The zero-order valence-electron chi connectivity index (χ0n) is 14.9. The second-order valence-corrected chi connectivity index (χ2v) is 6.64. The van der Waals surface area contributed by atoms with E-state index in [0.717, 1.165) is 41.9 Å². The van der Waals surface area contributed by atoms with Gasteiger partial charge in [0.05, 0.1) is 12.8 Å². The van der Waals surface area contributed by atoms with E-state index in [-0.39, 0.29) is 0 Å². The summed E-state index contributed by atoms with van der Waals surface area (Å²) in [5.41, 5.74) is 1.03. The van der Waals surface area contributed by atoms with E-state index in [1.165, 1.54) is 25.7 Å². The third-order valence-corrected chi connectivity index (χ3v) is 4.70. The molecule has 1 aliphatic heterocycles. The molecule has 3 aromatic rings. The van der Waals surface area contributed by atoms with E-state index >= 15 is 0 Å². The van der Waals surface area contributed by atoms with Crippen LogP contribution in [0.15, 0.2) is 59.2 Å². The van der Waals surface area contributed by atoms with Crippen LogP contribution in [-0.2, 0) is 6.54 Å². The van der Waals surface area contributed by atoms with Gasteiger partial charge in [-0.25, -0.2) is 9.97 Å². The van der Waals surface area contributed by atoms with E-state index in [1.54, 1.807) is 6.26 Å². The normalized spacial score (nSPS) is 14.8. The molecule has 1 aliphatic rings. The molecule has 0 radical (unpaired) electrons. The van der Waals surface area contributed by atoms with Crippen LogP contribution in [0.3, 0.4) is 0 Å². The zero-order chi connectivity index (χ0) is 17.6. The molecule has 3 heterocycles. The van der Waals surface area contributed by atoms with Gasteiger partial charge in [0.25, 0.3) is 0 Å². The van der Waals surface area contributed by atoms with Crippen LogP contribution in [0.5, 0.6) is 0 Å². The highest BCUT2D eigenvalue weighted by molar-refractivity contribution is 5.61. The summed E-state index contributed by atoms with van der Waals surface area (Å²) >= 11 is 0. The van der Waals surface area contributed by atoms with Gasteiger partial charge in [-0.3, -0.25) is 0 Å². The lowest BCUT2D eigenvalue weighted by molar-refractivity contribution is 0.518. The van der Waals surface area contributed by atoms with Gasteiger partial charge in [-0.15, -0.1) is 0 Å². The van der Waals surface area contributed by atoms with E-state index in [2.05, 4.69) is 28.4 Å². The smallest absolute Gasteiger partial charge is 0.163 e. The molecule has 0 unspecified atom stereocenters. The summed E-state index contributed by atoms with van der Waals surface area (Å²) in [7, 11) is 0. The lowest BCUT2D eigenvalue weighted by atomic mass is 10.2. The summed E-state index contributed by atoms with van der Waals surface area (Å²) < 4.78 is 5.42. The molecule has 5 nitrogen and oxygen atoms in total. The van der Waals surface area contributed by atoms with E-state index in [4.69, 9.17) is 14.4 Å². The largest absolute Gasteiger partial charge is 0.467 e. The molecule has 1 N–H and O–H groups in total. The molecule has 26 heavy (non-hydrogen) atoms. The average molecular weight is 348 g/mol. The van der Waals surface area contributed by atoms with Gasteiger partial charge in [0, 0.05) is 24.7 Å². The number of aromatic nitrogens is 2. The first-order valence-corrected chi connectivity index (χ1v) is 9.34. The Hall–Kier alpha value is -2.82. The van der Waals surface area contributed by atoms with Crippen LogP contribution in [0.2, 0.25) is 0 Å². The minimum Gasteiger partial charge on any atom is -0.467 e. The maximum Gasteiger partial charge on any atom is 0.163 e. The predicted molar refractivity (Wildman–Crippen MR) is 104 cm³/mol. The molecule has 0 aliphatic carbocycles. The second-order valence-electron chi connectivity index (χ2n) is 6.64. The Morgan fingerprint density at radius 2 is 1.73 bits per heavy atom. The van der Waals surface area contributed by atoms with Crippen molar-refractivity contribution in [2.75, 3.05) is 23.3 Å². The monoisotopic (exact) mass is 348 g/mol. The van der Waals surface area contributed by atoms with Gasteiger partial charge in [0.1, 0.15) is 17.4 Å². The summed E-state index contributed by atoms with van der Waals surface area (Å²) in [6.07, 6.45) is 6.74. The van der Waals surface area contributed by atoms with Crippen molar-refractivity contribution in [1.82, 2.24) is 9.97 Å². The van der Waals surface area contributed by atoms with Gasteiger partial charge >= 0.3 is 0 Å². The molecule has 1 saturated heterocycles. The SMILES string of the molecule is c1ccc(-c2nc(NCc3ccco3)cc(N3CCCCCC3)n2)cc1. The molecule has 0 spiro atoms. The van der Waals surface area contributed by atoms with Gasteiger partial charge < -0.3 is 14.6 Å². The topological polar surface area (TPSA) is 54.2 Å². The number of anilines is 2. The Balaban J connectivity index is 1.64. The van der Waals surface area contributed by atoms with Crippen molar-refractivity contribution in [2.45, 2.75) is 32.2 Å². The lowest BCUT2D eigenvalue weighted by Gasteiger charge is -2.22. The first kappa shape index (κ1) is 16.6. The molecule has 4 rings (SSSR count). The van der Waals surface area contributed by atoms with Crippen LogP contribution in [0.4, 0.5) is 11.6 Å². The molecule has 0 amide bonds. The first-order chi connectivity index (χ1) is 12.9. The van der Waals surface area contributed by atoms with Crippen molar-refractivity contribution in [3.63, 3.8) is 0 Å². The average Bonchev–Trinajstić information content (AvgIpc) is 3.07. The second kappa shape index (κ2) is 8.04. The standard InChI is InChI=1S/C21H24N4O/c1-2-7-13-25(12-6-1)20-15-19(22-16-18-11-8-14-26-18)23-21(24-20)17-9-4-3-5-10-17/h3-5,8-11,14-15H,1-2,6-7,12-13,16H2,(H,22,23,24). The lowest BCUT2D eigenvalue weighted by Crippen LogP contribution is -2.25. The predicted octanol–water partition coefficient (Wildman–Crippen LogP) is 4.73. The van der Waals surface area contributed by atoms with Crippen molar-refractivity contribution >= 4 is 11.6 Å². The van der Waals surface area contributed by atoms with Crippen molar-refractivity contribution in [1.29, 1.82) is 0 Å². The maximum atomic E-state index is 5.42. The van der Waals surface area contributed by atoms with Gasteiger partial charge in [-0.05, 0) is 25.0 Å². The number of benzene rings is 1. The summed E-state index contributed by atoms with van der Waals surface area (Å²) in [4.78, 5) is 12.0. The molecule has 1 aromatic carbocycles. The van der Waals surface area contributed by atoms with Crippen LogP contribution in [0.25, 0.3) is 11.4 Å². The zero-order valence-corrected chi connectivity index (χ0v) is 14.9. The van der Waals surface area contributed by atoms with Gasteiger partial charge in [-0.1, -0.05) is 43.2 Å². The van der Waals surface area contributed by atoms with Crippen molar-refractivity contribution in [3.05, 3.63) is 60.6 Å². The summed E-state index contributed by atoms with van der Waals surface area (Å²) in [6.45, 7) is 2.73. The third kappa shape index (κ3) is 4.04. The van der Waals surface area contributed by atoms with Crippen LogP contribution in [-0.4, -0.2) is 23.1 Å². The molecule has 134 valence electrons. The fourth-order valence-electron chi connectivity index (χ4n) is 3.29. The van der Waals surface area contributed by atoms with Gasteiger partial charge in [0.2, 0.25) is 0 Å². The summed E-state index contributed by atoms with van der Waals surface area (Å²) in [6, 6.07) is 16.1. The fraction of sp³-hybridized carbons (Fsp3) is 0.333. The van der Waals surface area contributed by atoms with Crippen molar-refractivity contribution in [3.8, 4) is 11.4 Å². The Bertz CT molecular complexity index is 809. The number of hydrogen-bond acceptors (Lipinski definition) is 5. The van der Waals surface area contributed by atoms with Crippen molar-refractivity contribution in [2.24, 2.45) is 0 Å². The Morgan fingerprint density at radius 3 is 2.46 bits per heavy atom. The minimum atomic E-state index is 0.609. The van der Waals surface area contributed by atoms with E-state index in [9.17, 15) is 0 Å². The highest BCUT2D eigenvalue weighted by Gasteiger charge is 2.15. The maximum absolute atomic E-state index is 5.42. The van der Waals surface area contributed by atoms with Crippen LogP contribution >= 0.6 is 0 Å². The third-order valence-electron chi connectivity index (χ3n) is 4.70. The van der Waals surface area contributed by atoms with Gasteiger partial charge in [0.15, 0.2) is 5.82 Å². The summed E-state index contributed by atoms with van der Waals surface area (Å²) in [5, 5.41) is 3.38.